The molecule has 3 aliphatic rings. The van der Waals surface area contributed by atoms with Crippen molar-refractivity contribution in [1.29, 1.82) is 0 Å². The number of amides is 1. The van der Waals surface area contributed by atoms with Crippen molar-refractivity contribution in [2.75, 3.05) is 45.9 Å². The van der Waals surface area contributed by atoms with Gasteiger partial charge in [-0.15, -0.1) is 0 Å². The molecule has 3 fully saturated rings. The van der Waals surface area contributed by atoms with E-state index in [-0.39, 0.29) is 5.91 Å². The van der Waals surface area contributed by atoms with Crippen LogP contribution in [0.2, 0.25) is 0 Å². The summed E-state index contributed by atoms with van der Waals surface area (Å²) in [6.07, 6.45) is 3.77. The number of nitrogens with zero attached hydrogens (tertiary/aromatic N) is 2. The highest BCUT2D eigenvalue weighted by molar-refractivity contribution is 7.07. The Morgan fingerprint density at radius 2 is 2.17 bits per heavy atom. The fraction of sp³-hybridized carbons (Fsp3) is 0.722. The molecule has 0 bridgehead atoms. The van der Waals surface area contributed by atoms with Gasteiger partial charge in [-0.2, -0.15) is 11.3 Å². The van der Waals surface area contributed by atoms with E-state index in [9.17, 15) is 4.79 Å². The lowest BCUT2D eigenvalue weighted by Gasteiger charge is -2.32. The lowest BCUT2D eigenvalue weighted by atomic mass is 9.93. The maximum Gasteiger partial charge on any atom is 0.236 e. The Balaban J connectivity index is 1.43. The van der Waals surface area contributed by atoms with Crippen LogP contribution in [0, 0.1) is 5.41 Å². The molecular weight excluding hydrogens is 322 g/mol. The number of ether oxygens (including phenoxy) is 1. The van der Waals surface area contributed by atoms with E-state index >= 15 is 0 Å². The maximum absolute atomic E-state index is 12.8. The van der Waals surface area contributed by atoms with Crippen LogP contribution in [0.3, 0.4) is 0 Å². The van der Waals surface area contributed by atoms with Gasteiger partial charge in [0.1, 0.15) is 0 Å². The van der Waals surface area contributed by atoms with Crippen molar-refractivity contribution in [3.63, 3.8) is 0 Å². The summed E-state index contributed by atoms with van der Waals surface area (Å²) < 4.78 is 5.38. The molecule has 5 nitrogen and oxygen atoms in total. The highest BCUT2D eigenvalue weighted by atomic mass is 32.1. The molecule has 0 unspecified atom stereocenters. The summed E-state index contributed by atoms with van der Waals surface area (Å²) in [7, 11) is 0. The highest BCUT2D eigenvalue weighted by Gasteiger charge is 2.56. The third-order valence-electron chi connectivity index (χ3n) is 5.85. The normalized spacial score (nSPS) is 26.0. The summed E-state index contributed by atoms with van der Waals surface area (Å²) in [6, 6.07) is 2.76. The first-order valence-electron chi connectivity index (χ1n) is 9.08. The average Bonchev–Trinajstić information content (AvgIpc) is 3.06. The van der Waals surface area contributed by atoms with Crippen molar-refractivity contribution < 1.29 is 9.53 Å². The van der Waals surface area contributed by atoms with E-state index in [2.05, 4.69) is 27.0 Å². The second-order valence-corrected chi connectivity index (χ2v) is 8.14. The molecule has 1 aromatic rings. The molecule has 1 spiro atoms. The van der Waals surface area contributed by atoms with Crippen LogP contribution >= 0.6 is 11.3 Å². The second-order valence-electron chi connectivity index (χ2n) is 7.36. The zero-order chi connectivity index (χ0) is 16.4. The zero-order valence-corrected chi connectivity index (χ0v) is 15.0. The van der Waals surface area contributed by atoms with Gasteiger partial charge in [-0.3, -0.25) is 9.69 Å². The molecule has 132 valence electrons. The highest BCUT2D eigenvalue weighted by Crippen LogP contribution is 2.56. The van der Waals surface area contributed by atoms with E-state index in [0.29, 0.717) is 31.2 Å². The molecule has 1 saturated carbocycles. The molecule has 1 aromatic heterocycles. The molecule has 6 heteroatoms. The van der Waals surface area contributed by atoms with Crippen molar-refractivity contribution in [1.82, 2.24) is 15.1 Å². The number of nitrogens with one attached hydrogen (secondary N) is 1. The summed E-state index contributed by atoms with van der Waals surface area (Å²) in [5.41, 5.74) is 1.80. The van der Waals surface area contributed by atoms with Gasteiger partial charge in [0.05, 0.1) is 19.8 Å². The maximum atomic E-state index is 12.8. The minimum atomic E-state index is 0.268. The van der Waals surface area contributed by atoms with Crippen LogP contribution in [-0.2, 0) is 16.1 Å². The number of carbonyl (C=O) groups excluding carboxylic acids is 1. The van der Waals surface area contributed by atoms with Crippen molar-refractivity contribution in [3.05, 3.63) is 22.4 Å². The Kier molecular flexibility index (Phi) is 4.90. The van der Waals surface area contributed by atoms with E-state index in [4.69, 9.17) is 4.74 Å². The zero-order valence-electron chi connectivity index (χ0n) is 14.2. The molecule has 3 heterocycles. The number of rotatable bonds is 5. The Hall–Kier alpha value is -0.950. The van der Waals surface area contributed by atoms with Crippen LogP contribution in [-0.4, -0.2) is 67.7 Å². The topological polar surface area (TPSA) is 44.8 Å². The lowest BCUT2D eigenvalue weighted by Crippen LogP contribution is -2.47. The average molecular weight is 350 g/mol. The Bertz CT molecular complexity index is 551. The number of carbonyl (C=O) groups is 1. The molecular formula is C18H27N3O2S. The molecule has 1 aliphatic carbocycles. The number of morpholine rings is 1. The van der Waals surface area contributed by atoms with Gasteiger partial charge in [0, 0.05) is 25.7 Å². The summed E-state index contributed by atoms with van der Waals surface area (Å²) >= 11 is 1.74. The Morgan fingerprint density at radius 3 is 2.88 bits per heavy atom. The Morgan fingerprint density at radius 1 is 1.38 bits per heavy atom. The van der Waals surface area contributed by atoms with Gasteiger partial charge in [0.25, 0.3) is 0 Å². The standard InChI is InChI=1S/C18H27N3O2S/c22-17(20-6-8-23-9-7-20)13-21(12-15-1-10-24-14-15)16-11-18(16)2-4-19-5-3-18/h1,10,14,16,19H,2-9,11-13H2/t16-/m1/s1. The van der Waals surface area contributed by atoms with E-state index in [0.717, 1.165) is 32.7 Å². The molecule has 2 aliphatic heterocycles. The quantitative estimate of drug-likeness (QED) is 0.876. The van der Waals surface area contributed by atoms with Crippen LogP contribution in [0.4, 0.5) is 0 Å². The summed E-state index contributed by atoms with van der Waals surface area (Å²) in [6.45, 7) is 6.54. The summed E-state index contributed by atoms with van der Waals surface area (Å²) in [5, 5.41) is 7.81. The van der Waals surface area contributed by atoms with Crippen LogP contribution < -0.4 is 5.32 Å². The van der Waals surface area contributed by atoms with Gasteiger partial charge in [0.15, 0.2) is 0 Å². The van der Waals surface area contributed by atoms with Crippen molar-refractivity contribution in [2.45, 2.75) is 31.8 Å². The summed E-state index contributed by atoms with van der Waals surface area (Å²) in [4.78, 5) is 17.2. The Labute approximate surface area is 148 Å². The minimum absolute atomic E-state index is 0.268. The molecule has 1 atom stereocenters. The van der Waals surface area contributed by atoms with Crippen LogP contribution in [0.15, 0.2) is 16.8 Å². The molecule has 0 aromatic carbocycles. The van der Waals surface area contributed by atoms with E-state index in [1.165, 1.54) is 24.8 Å². The molecule has 1 N–H and O–H groups in total. The molecule has 24 heavy (non-hydrogen) atoms. The fourth-order valence-electron chi connectivity index (χ4n) is 4.28. The lowest BCUT2D eigenvalue weighted by molar-refractivity contribution is -0.136. The smallest absolute Gasteiger partial charge is 0.236 e. The van der Waals surface area contributed by atoms with Crippen molar-refractivity contribution in [3.8, 4) is 0 Å². The predicted octanol–water partition coefficient (Wildman–Crippen LogP) is 1.55. The molecule has 1 amide bonds. The van der Waals surface area contributed by atoms with E-state index in [1.54, 1.807) is 11.3 Å². The number of piperidine rings is 1. The van der Waals surface area contributed by atoms with Gasteiger partial charge < -0.3 is 15.0 Å². The van der Waals surface area contributed by atoms with E-state index in [1.807, 2.05) is 4.90 Å². The largest absolute Gasteiger partial charge is 0.378 e. The van der Waals surface area contributed by atoms with Gasteiger partial charge in [-0.1, -0.05) is 0 Å². The van der Waals surface area contributed by atoms with Crippen molar-refractivity contribution in [2.24, 2.45) is 5.41 Å². The third-order valence-corrected chi connectivity index (χ3v) is 6.59. The van der Waals surface area contributed by atoms with Crippen LogP contribution in [0.1, 0.15) is 24.8 Å². The number of thiophene rings is 1. The van der Waals surface area contributed by atoms with Gasteiger partial charge in [-0.25, -0.2) is 0 Å². The van der Waals surface area contributed by atoms with E-state index < -0.39 is 0 Å². The van der Waals surface area contributed by atoms with Crippen molar-refractivity contribution >= 4 is 17.2 Å². The molecule has 4 rings (SSSR count). The molecule has 0 radical (unpaired) electrons. The van der Waals surface area contributed by atoms with Crippen LogP contribution in [0.25, 0.3) is 0 Å². The number of hydrogen-bond donors (Lipinski definition) is 1. The SMILES string of the molecule is O=C(CN(Cc1ccsc1)[C@@H]1CC12CCNCC2)N1CCOCC1. The predicted molar refractivity (Wildman–Crippen MR) is 95.1 cm³/mol. The van der Waals surface area contributed by atoms with Crippen LogP contribution in [0.5, 0.6) is 0 Å². The first-order valence-corrected chi connectivity index (χ1v) is 10.0. The van der Waals surface area contributed by atoms with Gasteiger partial charge in [0.2, 0.25) is 5.91 Å². The van der Waals surface area contributed by atoms with Gasteiger partial charge in [-0.05, 0) is 60.2 Å². The third kappa shape index (κ3) is 3.52. The fourth-order valence-corrected chi connectivity index (χ4v) is 4.94. The summed E-state index contributed by atoms with van der Waals surface area (Å²) in [5.74, 6) is 0.268. The first-order chi connectivity index (χ1) is 11.8. The second kappa shape index (κ2) is 7.12. The molecule has 2 saturated heterocycles. The van der Waals surface area contributed by atoms with Gasteiger partial charge >= 0.3 is 0 Å². The number of hydrogen-bond acceptors (Lipinski definition) is 5. The first kappa shape index (κ1) is 16.5. The monoisotopic (exact) mass is 349 g/mol. The minimum Gasteiger partial charge on any atom is -0.378 e.